The fraction of sp³-hybridized carbons (Fsp3) is 0.455. The van der Waals surface area contributed by atoms with Crippen LogP contribution in [0.3, 0.4) is 0 Å². The second-order valence-corrected chi connectivity index (χ2v) is 8.04. The van der Waals surface area contributed by atoms with Crippen LogP contribution in [0.4, 0.5) is 4.39 Å². The van der Waals surface area contributed by atoms with E-state index in [-0.39, 0.29) is 5.82 Å². The largest absolute Gasteiger partial charge is 0.207 e. The average molecular weight is 343 g/mol. The highest BCUT2D eigenvalue weighted by molar-refractivity contribution is 7.98. The van der Waals surface area contributed by atoms with Gasteiger partial charge in [0.1, 0.15) is 5.82 Å². The zero-order valence-corrected chi connectivity index (χ0v) is 15.3. The van der Waals surface area contributed by atoms with Gasteiger partial charge in [0.15, 0.2) is 0 Å². The van der Waals surface area contributed by atoms with Crippen LogP contribution in [0.15, 0.2) is 53.4 Å². The van der Waals surface area contributed by atoms with Gasteiger partial charge in [-0.1, -0.05) is 44.0 Å². The van der Waals surface area contributed by atoms with E-state index >= 15 is 0 Å². The SMILES string of the molecule is CCC[C@H]1CC[C@H](c2ccc(SCc3ccc(F)cc3)cc2)CC1. The molecule has 0 nitrogen and oxygen atoms in total. The summed E-state index contributed by atoms with van der Waals surface area (Å²) in [6.07, 6.45) is 8.25. The van der Waals surface area contributed by atoms with Crippen LogP contribution >= 0.6 is 11.8 Å². The van der Waals surface area contributed by atoms with Crippen molar-refractivity contribution in [3.05, 3.63) is 65.5 Å². The first-order valence-electron chi connectivity index (χ1n) is 9.22. The fourth-order valence-corrected chi connectivity index (χ4v) is 4.63. The molecule has 1 saturated carbocycles. The van der Waals surface area contributed by atoms with Gasteiger partial charge in [-0.15, -0.1) is 11.8 Å². The van der Waals surface area contributed by atoms with Crippen LogP contribution in [0.25, 0.3) is 0 Å². The molecule has 2 aromatic rings. The molecule has 3 rings (SSSR count). The average Bonchev–Trinajstić information content (AvgIpc) is 2.63. The van der Waals surface area contributed by atoms with Gasteiger partial charge in [-0.25, -0.2) is 4.39 Å². The molecule has 0 bridgehead atoms. The molecule has 2 heteroatoms. The van der Waals surface area contributed by atoms with Crippen LogP contribution in [-0.2, 0) is 5.75 Å². The Labute approximate surface area is 149 Å². The summed E-state index contributed by atoms with van der Waals surface area (Å²) < 4.78 is 12.9. The van der Waals surface area contributed by atoms with Gasteiger partial charge < -0.3 is 0 Å². The van der Waals surface area contributed by atoms with Crippen molar-refractivity contribution in [1.29, 1.82) is 0 Å². The van der Waals surface area contributed by atoms with E-state index in [1.54, 1.807) is 0 Å². The molecule has 0 atom stereocenters. The van der Waals surface area contributed by atoms with E-state index in [0.29, 0.717) is 0 Å². The summed E-state index contributed by atoms with van der Waals surface area (Å²) in [4.78, 5) is 1.29. The molecule has 0 N–H and O–H groups in total. The van der Waals surface area contributed by atoms with Crippen molar-refractivity contribution >= 4 is 11.8 Å². The van der Waals surface area contributed by atoms with Crippen molar-refractivity contribution in [3.8, 4) is 0 Å². The number of rotatable bonds is 6. The summed E-state index contributed by atoms with van der Waals surface area (Å²) in [5.41, 5.74) is 2.68. The Balaban J connectivity index is 1.51. The molecular weight excluding hydrogens is 315 g/mol. The van der Waals surface area contributed by atoms with Crippen molar-refractivity contribution in [1.82, 2.24) is 0 Å². The molecule has 1 fully saturated rings. The monoisotopic (exact) mass is 342 g/mol. The van der Waals surface area contributed by atoms with Gasteiger partial charge in [-0.2, -0.15) is 0 Å². The lowest BCUT2D eigenvalue weighted by Gasteiger charge is -2.28. The highest BCUT2D eigenvalue weighted by Gasteiger charge is 2.21. The molecule has 24 heavy (non-hydrogen) atoms. The summed E-state index contributed by atoms with van der Waals surface area (Å²) in [6, 6.07) is 15.9. The van der Waals surface area contributed by atoms with Crippen LogP contribution < -0.4 is 0 Å². The molecular formula is C22H27FS. The lowest BCUT2D eigenvalue weighted by molar-refractivity contribution is 0.308. The van der Waals surface area contributed by atoms with Crippen molar-refractivity contribution in [2.24, 2.45) is 5.92 Å². The van der Waals surface area contributed by atoms with E-state index < -0.39 is 0 Å². The van der Waals surface area contributed by atoms with E-state index in [2.05, 4.69) is 31.2 Å². The Morgan fingerprint density at radius 1 is 0.917 bits per heavy atom. The molecule has 0 radical (unpaired) electrons. The molecule has 2 aromatic carbocycles. The third-order valence-corrected chi connectivity index (χ3v) is 6.30. The second kappa shape index (κ2) is 8.71. The van der Waals surface area contributed by atoms with Gasteiger partial charge in [-0.05, 0) is 72.9 Å². The third-order valence-electron chi connectivity index (χ3n) is 5.21. The molecule has 0 saturated heterocycles. The van der Waals surface area contributed by atoms with Crippen LogP contribution in [0.1, 0.15) is 62.5 Å². The van der Waals surface area contributed by atoms with E-state index in [0.717, 1.165) is 17.6 Å². The van der Waals surface area contributed by atoms with Crippen molar-refractivity contribution in [2.75, 3.05) is 0 Å². The van der Waals surface area contributed by atoms with Gasteiger partial charge in [0.2, 0.25) is 0 Å². The number of hydrogen-bond donors (Lipinski definition) is 0. The topological polar surface area (TPSA) is 0 Å². The van der Waals surface area contributed by atoms with Crippen molar-refractivity contribution in [2.45, 2.75) is 62.0 Å². The molecule has 0 amide bonds. The zero-order valence-electron chi connectivity index (χ0n) is 14.5. The molecule has 1 aliphatic rings. The first kappa shape index (κ1) is 17.5. The van der Waals surface area contributed by atoms with Gasteiger partial charge in [0.25, 0.3) is 0 Å². The maximum Gasteiger partial charge on any atom is 0.123 e. The van der Waals surface area contributed by atoms with Gasteiger partial charge >= 0.3 is 0 Å². The number of thioether (sulfide) groups is 1. The third kappa shape index (κ3) is 4.86. The molecule has 0 spiro atoms. The Kier molecular flexibility index (Phi) is 6.37. The van der Waals surface area contributed by atoms with Crippen molar-refractivity contribution < 1.29 is 4.39 Å². The van der Waals surface area contributed by atoms with Crippen LogP contribution in [0.2, 0.25) is 0 Å². The summed E-state index contributed by atoms with van der Waals surface area (Å²) in [5, 5.41) is 0. The van der Waals surface area contributed by atoms with Crippen LogP contribution in [-0.4, -0.2) is 0 Å². The first-order chi connectivity index (χ1) is 11.7. The minimum Gasteiger partial charge on any atom is -0.207 e. The number of benzene rings is 2. The van der Waals surface area contributed by atoms with E-state index in [9.17, 15) is 4.39 Å². The quantitative estimate of drug-likeness (QED) is 0.500. The molecule has 0 aromatic heterocycles. The minimum atomic E-state index is -0.165. The van der Waals surface area contributed by atoms with Crippen molar-refractivity contribution in [3.63, 3.8) is 0 Å². The molecule has 0 aliphatic heterocycles. The summed E-state index contributed by atoms with van der Waals surface area (Å²) in [6.45, 7) is 2.30. The predicted molar refractivity (Wildman–Crippen MR) is 102 cm³/mol. The molecule has 1 aliphatic carbocycles. The Morgan fingerprint density at radius 3 is 2.21 bits per heavy atom. The molecule has 128 valence electrons. The van der Waals surface area contributed by atoms with E-state index in [4.69, 9.17) is 0 Å². The molecule has 0 unspecified atom stereocenters. The Morgan fingerprint density at radius 2 is 1.58 bits per heavy atom. The molecule has 0 heterocycles. The smallest absolute Gasteiger partial charge is 0.123 e. The highest BCUT2D eigenvalue weighted by atomic mass is 32.2. The lowest BCUT2D eigenvalue weighted by atomic mass is 9.77. The van der Waals surface area contributed by atoms with E-state index in [1.807, 2.05) is 23.9 Å². The summed E-state index contributed by atoms with van der Waals surface area (Å²) in [7, 11) is 0. The zero-order chi connectivity index (χ0) is 16.8. The summed E-state index contributed by atoms with van der Waals surface area (Å²) in [5.74, 6) is 2.45. The minimum absolute atomic E-state index is 0.165. The second-order valence-electron chi connectivity index (χ2n) is 6.99. The van der Waals surface area contributed by atoms with Crippen LogP contribution in [0.5, 0.6) is 0 Å². The van der Waals surface area contributed by atoms with Gasteiger partial charge in [0, 0.05) is 10.6 Å². The maximum absolute atomic E-state index is 12.9. The highest BCUT2D eigenvalue weighted by Crippen LogP contribution is 2.38. The number of halogens is 1. The predicted octanol–water partition coefficient (Wildman–Crippen LogP) is 7.19. The van der Waals surface area contributed by atoms with E-state index in [1.165, 1.54) is 66.7 Å². The first-order valence-corrected chi connectivity index (χ1v) is 10.2. The standard InChI is InChI=1S/C22H27FS/c1-2-3-17-4-8-19(9-5-17)20-10-14-22(15-11-20)24-16-18-6-12-21(23)13-7-18/h6-7,10-15,17,19H,2-5,8-9,16H2,1H3/t17-,19-. The normalized spacial score (nSPS) is 20.9. The van der Waals surface area contributed by atoms with Gasteiger partial charge in [-0.3, -0.25) is 0 Å². The van der Waals surface area contributed by atoms with Gasteiger partial charge in [0.05, 0.1) is 0 Å². The fourth-order valence-electron chi connectivity index (χ4n) is 3.78. The maximum atomic E-state index is 12.9. The van der Waals surface area contributed by atoms with Crippen LogP contribution in [0, 0.1) is 11.7 Å². The summed E-state index contributed by atoms with van der Waals surface area (Å²) >= 11 is 1.82. The Bertz CT molecular complexity index is 609. The number of hydrogen-bond acceptors (Lipinski definition) is 1. The Hall–Kier alpha value is -1.28. The lowest BCUT2D eigenvalue weighted by Crippen LogP contribution is -2.13.